The number of hydrogen-bond acceptors (Lipinski definition) is 4. The molecule has 0 bridgehead atoms. The van der Waals surface area contributed by atoms with Gasteiger partial charge in [-0.25, -0.2) is 4.39 Å². The highest BCUT2D eigenvalue weighted by Crippen LogP contribution is 2.23. The van der Waals surface area contributed by atoms with Gasteiger partial charge in [0.1, 0.15) is 17.8 Å². The van der Waals surface area contributed by atoms with Crippen molar-refractivity contribution in [2.24, 2.45) is 0 Å². The number of halogens is 2. The van der Waals surface area contributed by atoms with Crippen molar-refractivity contribution in [3.05, 3.63) is 40.4 Å². The second-order valence-corrected chi connectivity index (χ2v) is 4.08. The first kappa shape index (κ1) is 11.6. The van der Waals surface area contributed by atoms with Crippen LogP contribution in [0.1, 0.15) is 10.4 Å². The maximum atomic E-state index is 13.1. The molecule has 0 aliphatic heterocycles. The SMILES string of the molecule is Nc1cc(C(=O)Nc2cnoc2)c(Br)cc1F. The Morgan fingerprint density at radius 3 is 2.94 bits per heavy atom. The summed E-state index contributed by atoms with van der Waals surface area (Å²) < 4.78 is 18.0. The van der Waals surface area contributed by atoms with Crippen LogP contribution in [0.5, 0.6) is 0 Å². The van der Waals surface area contributed by atoms with Gasteiger partial charge in [0.2, 0.25) is 0 Å². The molecular formula is C10H7BrFN3O2. The lowest BCUT2D eigenvalue weighted by molar-refractivity contribution is 0.102. The molecule has 0 saturated carbocycles. The lowest BCUT2D eigenvalue weighted by Gasteiger charge is -2.06. The third-order valence-corrected chi connectivity index (χ3v) is 2.68. The molecule has 17 heavy (non-hydrogen) atoms. The van der Waals surface area contributed by atoms with Gasteiger partial charge in [-0.15, -0.1) is 0 Å². The Hall–Kier alpha value is -1.89. The van der Waals surface area contributed by atoms with Crippen molar-refractivity contribution in [2.75, 3.05) is 11.1 Å². The van der Waals surface area contributed by atoms with E-state index in [-0.39, 0.29) is 11.3 Å². The summed E-state index contributed by atoms with van der Waals surface area (Å²) in [6, 6.07) is 2.39. The third kappa shape index (κ3) is 2.44. The highest BCUT2D eigenvalue weighted by atomic mass is 79.9. The molecular weight excluding hydrogens is 293 g/mol. The highest BCUT2D eigenvalue weighted by Gasteiger charge is 2.14. The number of aromatic nitrogens is 1. The van der Waals surface area contributed by atoms with Crippen LogP contribution < -0.4 is 11.1 Å². The number of amides is 1. The molecule has 0 unspecified atom stereocenters. The summed E-state index contributed by atoms with van der Waals surface area (Å²) in [5, 5.41) is 5.96. The molecule has 0 fully saturated rings. The average Bonchev–Trinajstić information content (AvgIpc) is 2.76. The van der Waals surface area contributed by atoms with Gasteiger partial charge < -0.3 is 15.6 Å². The van der Waals surface area contributed by atoms with E-state index in [1.807, 2.05) is 0 Å². The number of nitrogen functional groups attached to an aromatic ring is 1. The molecule has 88 valence electrons. The summed E-state index contributed by atoms with van der Waals surface area (Å²) in [6.45, 7) is 0. The van der Waals surface area contributed by atoms with Crippen LogP contribution in [0.15, 0.2) is 33.6 Å². The van der Waals surface area contributed by atoms with Gasteiger partial charge in [0.15, 0.2) is 0 Å². The maximum Gasteiger partial charge on any atom is 0.257 e. The zero-order valence-electron chi connectivity index (χ0n) is 8.41. The summed E-state index contributed by atoms with van der Waals surface area (Å²) in [5.41, 5.74) is 5.93. The van der Waals surface area contributed by atoms with Crippen LogP contribution in [0.2, 0.25) is 0 Å². The number of benzene rings is 1. The van der Waals surface area contributed by atoms with Gasteiger partial charge in [-0.2, -0.15) is 0 Å². The minimum absolute atomic E-state index is 0.0938. The molecule has 2 rings (SSSR count). The van der Waals surface area contributed by atoms with Gasteiger partial charge in [0, 0.05) is 4.47 Å². The molecule has 0 saturated heterocycles. The fourth-order valence-electron chi connectivity index (χ4n) is 1.20. The Balaban J connectivity index is 2.28. The number of nitrogens with zero attached hydrogens (tertiary/aromatic N) is 1. The van der Waals surface area contributed by atoms with Crippen LogP contribution in [-0.4, -0.2) is 11.1 Å². The van der Waals surface area contributed by atoms with E-state index < -0.39 is 11.7 Å². The van der Waals surface area contributed by atoms with Gasteiger partial charge in [-0.05, 0) is 28.1 Å². The summed E-state index contributed by atoms with van der Waals surface area (Å²) in [4.78, 5) is 11.8. The van der Waals surface area contributed by atoms with E-state index in [9.17, 15) is 9.18 Å². The summed E-state index contributed by atoms with van der Waals surface area (Å²) in [6.07, 6.45) is 2.62. The Kier molecular flexibility index (Phi) is 3.10. The van der Waals surface area contributed by atoms with Crippen LogP contribution in [0.4, 0.5) is 15.8 Å². The van der Waals surface area contributed by atoms with Gasteiger partial charge in [-0.3, -0.25) is 4.79 Å². The second kappa shape index (κ2) is 4.54. The Labute approximate surface area is 104 Å². The molecule has 7 heteroatoms. The number of hydrogen-bond donors (Lipinski definition) is 2. The number of nitrogens with one attached hydrogen (secondary N) is 1. The molecule has 0 aliphatic rings. The van der Waals surface area contributed by atoms with Crippen molar-refractivity contribution in [3.63, 3.8) is 0 Å². The number of rotatable bonds is 2. The normalized spacial score (nSPS) is 10.2. The Bertz CT molecular complexity index is 557. The topological polar surface area (TPSA) is 81.2 Å². The van der Waals surface area contributed by atoms with E-state index in [4.69, 9.17) is 5.73 Å². The molecule has 3 N–H and O–H groups in total. The predicted molar refractivity (Wildman–Crippen MR) is 63.0 cm³/mol. The van der Waals surface area contributed by atoms with Crippen LogP contribution in [0.25, 0.3) is 0 Å². The molecule has 1 aromatic heterocycles. The van der Waals surface area contributed by atoms with Crippen molar-refractivity contribution in [1.29, 1.82) is 0 Å². The number of anilines is 2. The van der Waals surface area contributed by atoms with Gasteiger partial charge in [0.05, 0.1) is 17.4 Å². The summed E-state index contributed by atoms with van der Waals surface area (Å²) >= 11 is 3.09. The average molecular weight is 300 g/mol. The second-order valence-electron chi connectivity index (χ2n) is 3.22. The summed E-state index contributed by atoms with van der Waals surface area (Å²) in [5.74, 6) is -1.02. The number of carbonyl (C=O) groups excluding carboxylic acids is 1. The van der Waals surface area contributed by atoms with Gasteiger partial charge in [-0.1, -0.05) is 5.16 Å². The van der Waals surface area contributed by atoms with E-state index in [1.165, 1.54) is 18.5 Å². The van der Waals surface area contributed by atoms with Crippen LogP contribution in [0, 0.1) is 5.82 Å². The number of nitrogens with two attached hydrogens (primary N) is 1. The third-order valence-electron chi connectivity index (χ3n) is 2.02. The smallest absolute Gasteiger partial charge is 0.257 e. The van der Waals surface area contributed by atoms with Crippen molar-refractivity contribution < 1.29 is 13.7 Å². The minimum Gasteiger partial charge on any atom is -0.396 e. The van der Waals surface area contributed by atoms with E-state index >= 15 is 0 Å². The molecule has 0 atom stereocenters. The Morgan fingerprint density at radius 1 is 1.53 bits per heavy atom. The first-order valence-electron chi connectivity index (χ1n) is 4.53. The molecule has 0 spiro atoms. The summed E-state index contributed by atoms with van der Waals surface area (Å²) in [7, 11) is 0. The zero-order valence-corrected chi connectivity index (χ0v) is 9.99. The van der Waals surface area contributed by atoms with Crippen molar-refractivity contribution >= 4 is 33.2 Å². The quantitative estimate of drug-likeness (QED) is 0.835. The van der Waals surface area contributed by atoms with Crippen molar-refractivity contribution in [1.82, 2.24) is 5.16 Å². The molecule has 1 aromatic carbocycles. The van der Waals surface area contributed by atoms with Crippen LogP contribution in [0.3, 0.4) is 0 Å². The van der Waals surface area contributed by atoms with Crippen LogP contribution in [-0.2, 0) is 0 Å². The van der Waals surface area contributed by atoms with Crippen molar-refractivity contribution in [2.45, 2.75) is 0 Å². The molecule has 2 aromatic rings. The Morgan fingerprint density at radius 2 is 2.29 bits per heavy atom. The van der Waals surface area contributed by atoms with Gasteiger partial charge >= 0.3 is 0 Å². The van der Waals surface area contributed by atoms with E-state index in [0.29, 0.717) is 10.2 Å². The standard InChI is InChI=1S/C10H7BrFN3O2/c11-7-2-8(12)9(13)1-6(7)10(16)15-5-3-14-17-4-5/h1-4H,13H2,(H,15,16). The lowest BCUT2D eigenvalue weighted by atomic mass is 10.2. The van der Waals surface area contributed by atoms with E-state index in [0.717, 1.165) is 6.07 Å². The number of carbonyl (C=O) groups is 1. The monoisotopic (exact) mass is 299 g/mol. The van der Waals surface area contributed by atoms with E-state index in [1.54, 1.807) is 0 Å². The molecule has 5 nitrogen and oxygen atoms in total. The minimum atomic E-state index is -0.585. The predicted octanol–water partition coefficient (Wildman–Crippen LogP) is 2.41. The fraction of sp³-hybridized carbons (Fsp3) is 0. The first-order chi connectivity index (χ1) is 8.08. The maximum absolute atomic E-state index is 13.1. The van der Waals surface area contributed by atoms with Crippen LogP contribution >= 0.6 is 15.9 Å². The molecule has 1 amide bonds. The van der Waals surface area contributed by atoms with Crippen molar-refractivity contribution in [3.8, 4) is 0 Å². The fourth-order valence-corrected chi connectivity index (χ4v) is 1.70. The molecule has 0 radical (unpaired) electrons. The van der Waals surface area contributed by atoms with E-state index in [2.05, 4.69) is 30.9 Å². The van der Waals surface area contributed by atoms with Gasteiger partial charge in [0.25, 0.3) is 5.91 Å². The largest absolute Gasteiger partial charge is 0.396 e. The lowest BCUT2D eigenvalue weighted by Crippen LogP contribution is -2.13. The first-order valence-corrected chi connectivity index (χ1v) is 5.32. The molecule has 0 aliphatic carbocycles. The zero-order chi connectivity index (χ0) is 12.4. The highest BCUT2D eigenvalue weighted by molar-refractivity contribution is 9.10. The molecule has 1 heterocycles.